The van der Waals surface area contributed by atoms with E-state index >= 15 is 0 Å². The minimum absolute atomic E-state index is 0.125. The molecule has 0 aromatic heterocycles. The van der Waals surface area contributed by atoms with Crippen molar-refractivity contribution in [2.24, 2.45) is 0 Å². The Labute approximate surface area is 123 Å². The highest BCUT2D eigenvalue weighted by molar-refractivity contribution is 8.13. The average molecular weight is 320 g/mol. The lowest BCUT2D eigenvalue weighted by Gasteiger charge is -2.26. The molecule has 0 saturated carbocycles. The second-order valence-electron chi connectivity index (χ2n) is 4.67. The van der Waals surface area contributed by atoms with Gasteiger partial charge in [0.25, 0.3) is 9.05 Å². The molecule has 2 rings (SSSR count). The summed E-state index contributed by atoms with van der Waals surface area (Å²) in [6.45, 7) is 6.47. The number of ether oxygens (including phenoxy) is 2. The van der Waals surface area contributed by atoms with Gasteiger partial charge < -0.3 is 9.47 Å². The summed E-state index contributed by atoms with van der Waals surface area (Å²) in [5.41, 5.74) is 0.587. The van der Waals surface area contributed by atoms with Crippen LogP contribution in [0.2, 0.25) is 0 Å². The molecule has 0 N–H and O–H groups in total. The summed E-state index contributed by atoms with van der Waals surface area (Å²) < 4.78 is 33.5. The predicted molar refractivity (Wildman–Crippen MR) is 77.0 cm³/mol. The lowest BCUT2D eigenvalue weighted by molar-refractivity contribution is 0.0322. The zero-order valence-corrected chi connectivity index (χ0v) is 12.9. The third-order valence-electron chi connectivity index (χ3n) is 3.19. The van der Waals surface area contributed by atoms with Crippen molar-refractivity contribution in [2.75, 3.05) is 39.5 Å². The molecule has 0 radical (unpaired) electrons. The lowest BCUT2D eigenvalue weighted by Crippen LogP contribution is -2.38. The SMILES string of the molecule is Cc1cc(OCCN2CCOCC2)ccc1S(=O)(=O)Cl. The van der Waals surface area contributed by atoms with Crippen LogP contribution in [0.15, 0.2) is 23.1 Å². The Bertz CT molecular complexity index is 555. The number of benzene rings is 1. The normalized spacial score (nSPS) is 17.1. The highest BCUT2D eigenvalue weighted by Crippen LogP contribution is 2.23. The third-order valence-corrected chi connectivity index (χ3v) is 4.67. The average Bonchev–Trinajstić information content (AvgIpc) is 2.38. The van der Waals surface area contributed by atoms with Gasteiger partial charge in [0.05, 0.1) is 18.1 Å². The molecular formula is C13H18ClNO4S. The fraction of sp³-hybridized carbons (Fsp3) is 0.538. The van der Waals surface area contributed by atoms with Gasteiger partial charge in [-0.05, 0) is 30.7 Å². The van der Waals surface area contributed by atoms with Crippen molar-refractivity contribution in [2.45, 2.75) is 11.8 Å². The molecule has 1 aliphatic heterocycles. The van der Waals surface area contributed by atoms with Gasteiger partial charge in [-0.1, -0.05) is 0 Å². The summed E-state index contributed by atoms with van der Waals surface area (Å²) in [4.78, 5) is 2.40. The molecule has 1 aromatic carbocycles. The molecule has 0 atom stereocenters. The van der Waals surface area contributed by atoms with Crippen LogP contribution in [0.5, 0.6) is 5.75 Å². The molecule has 20 heavy (non-hydrogen) atoms. The Balaban J connectivity index is 1.89. The van der Waals surface area contributed by atoms with Crippen LogP contribution in [-0.4, -0.2) is 52.8 Å². The second kappa shape index (κ2) is 6.76. The van der Waals surface area contributed by atoms with Crippen molar-refractivity contribution in [1.29, 1.82) is 0 Å². The first-order chi connectivity index (χ1) is 9.47. The van der Waals surface area contributed by atoms with Gasteiger partial charge in [0.1, 0.15) is 12.4 Å². The van der Waals surface area contributed by atoms with Crippen LogP contribution in [0, 0.1) is 6.92 Å². The van der Waals surface area contributed by atoms with E-state index in [0.29, 0.717) is 17.9 Å². The molecule has 5 nitrogen and oxygen atoms in total. The van der Waals surface area contributed by atoms with E-state index in [2.05, 4.69) is 4.90 Å². The van der Waals surface area contributed by atoms with E-state index in [1.165, 1.54) is 6.07 Å². The molecule has 1 heterocycles. The Morgan fingerprint density at radius 3 is 2.65 bits per heavy atom. The highest BCUT2D eigenvalue weighted by atomic mass is 35.7. The van der Waals surface area contributed by atoms with Crippen molar-refractivity contribution >= 4 is 19.7 Å². The molecule has 1 saturated heterocycles. The van der Waals surface area contributed by atoms with E-state index < -0.39 is 9.05 Å². The molecule has 0 aliphatic carbocycles. The summed E-state index contributed by atoms with van der Waals surface area (Å²) in [7, 11) is 1.64. The van der Waals surface area contributed by atoms with E-state index in [1.807, 2.05) is 0 Å². The molecule has 0 bridgehead atoms. The zero-order valence-electron chi connectivity index (χ0n) is 11.3. The van der Waals surface area contributed by atoms with E-state index in [0.717, 1.165) is 32.8 Å². The summed E-state index contributed by atoms with van der Waals surface area (Å²) >= 11 is 0. The summed E-state index contributed by atoms with van der Waals surface area (Å²) in [6.07, 6.45) is 0. The third kappa shape index (κ3) is 4.34. The number of aryl methyl sites for hydroxylation is 1. The first kappa shape index (κ1) is 15.6. The number of morpholine rings is 1. The number of rotatable bonds is 5. The maximum Gasteiger partial charge on any atom is 0.261 e. The Kier molecular flexibility index (Phi) is 5.26. The zero-order chi connectivity index (χ0) is 14.6. The van der Waals surface area contributed by atoms with E-state index in [9.17, 15) is 8.42 Å². The van der Waals surface area contributed by atoms with Gasteiger partial charge in [-0.3, -0.25) is 4.90 Å². The Hall–Kier alpha value is -0.820. The number of halogens is 1. The summed E-state index contributed by atoms with van der Waals surface area (Å²) in [5.74, 6) is 0.653. The van der Waals surface area contributed by atoms with Crippen LogP contribution < -0.4 is 4.74 Å². The fourth-order valence-corrected chi connectivity index (χ4v) is 3.30. The van der Waals surface area contributed by atoms with Gasteiger partial charge in [-0.15, -0.1) is 0 Å². The van der Waals surface area contributed by atoms with Gasteiger partial charge in [0.15, 0.2) is 0 Å². The smallest absolute Gasteiger partial charge is 0.261 e. The van der Waals surface area contributed by atoms with Gasteiger partial charge in [-0.2, -0.15) is 0 Å². The van der Waals surface area contributed by atoms with Gasteiger partial charge >= 0.3 is 0 Å². The first-order valence-corrected chi connectivity index (χ1v) is 8.76. The van der Waals surface area contributed by atoms with Crippen molar-refractivity contribution in [1.82, 2.24) is 4.90 Å². The van der Waals surface area contributed by atoms with Crippen LogP contribution in [0.25, 0.3) is 0 Å². The number of hydrogen-bond donors (Lipinski definition) is 0. The quantitative estimate of drug-likeness (QED) is 0.772. The van der Waals surface area contributed by atoms with Crippen LogP contribution in [0.3, 0.4) is 0 Å². The number of hydrogen-bond acceptors (Lipinski definition) is 5. The fourth-order valence-electron chi connectivity index (χ4n) is 2.10. The van der Waals surface area contributed by atoms with Crippen LogP contribution in [0.1, 0.15) is 5.56 Å². The molecule has 112 valence electrons. The molecule has 0 spiro atoms. The molecule has 1 fully saturated rings. The monoisotopic (exact) mass is 319 g/mol. The van der Waals surface area contributed by atoms with Crippen LogP contribution in [-0.2, 0) is 13.8 Å². The minimum Gasteiger partial charge on any atom is -0.492 e. The molecule has 0 amide bonds. The second-order valence-corrected chi connectivity index (χ2v) is 7.20. The maximum absolute atomic E-state index is 11.3. The molecule has 0 unspecified atom stereocenters. The maximum atomic E-state index is 11.3. The highest BCUT2D eigenvalue weighted by Gasteiger charge is 2.14. The Morgan fingerprint density at radius 2 is 2.05 bits per heavy atom. The molecule has 7 heteroatoms. The minimum atomic E-state index is -3.69. The molecular weight excluding hydrogens is 302 g/mol. The topological polar surface area (TPSA) is 55.8 Å². The van der Waals surface area contributed by atoms with Crippen molar-refractivity contribution in [3.8, 4) is 5.75 Å². The number of nitrogens with zero attached hydrogens (tertiary/aromatic N) is 1. The van der Waals surface area contributed by atoms with E-state index in [-0.39, 0.29) is 4.90 Å². The van der Waals surface area contributed by atoms with E-state index in [4.69, 9.17) is 20.2 Å². The molecule has 1 aliphatic rings. The van der Waals surface area contributed by atoms with Gasteiger partial charge in [-0.25, -0.2) is 8.42 Å². The van der Waals surface area contributed by atoms with E-state index in [1.54, 1.807) is 19.1 Å². The van der Waals surface area contributed by atoms with Crippen LogP contribution >= 0.6 is 10.7 Å². The largest absolute Gasteiger partial charge is 0.492 e. The lowest BCUT2D eigenvalue weighted by atomic mass is 10.2. The standard InChI is InChI=1S/C13H18ClNO4S/c1-11-10-12(2-3-13(11)20(14,16)17)19-9-6-15-4-7-18-8-5-15/h2-3,10H,4-9H2,1H3. The van der Waals surface area contributed by atoms with Gasteiger partial charge in [0, 0.05) is 30.3 Å². The van der Waals surface area contributed by atoms with Gasteiger partial charge in [0.2, 0.25) is 0 Å². The summed E-state index contributed by atoms with van der Waals surface area (Å²) in [5, 5.41) is 0. The molecule has 1 aromatic rings. The Morgan fingerprint density at radius 1 is 1.35 bits per heavy atom. The van der Waals surface area contributed by atoms with Crippen molar-refractivity contribution in [3.05, 3.63) is 23.8 Å². The predicted octanol–water partition coefficient (Wildman–Crippen LogP) is 1.63. The summed E-state index contributed by atoms with van der Waals surface area (Å²) in [6, 6.07) is 4.79. The first-order valence-electron chi connectivity index (χ1n) is 6.45. The van der Waals surface area contributed by atoms with Crippen molar-refractivity contribution in [3.63, 3.8) is 0 Å². The van der Waals surface area contributed by atoms with Crippen molar-refractivity contribution < 1.29 is 17.9 Å². The van der Waals surface area contributed by atoms with Crippen LogP contribution in [0.4, 0.5) is 0 Å².